The van der Waals surface area contributed by atoms with Gasteiger partial charge in [-0.15, -0.1) is 0 Å². The molecule has 39 heavy (non-hydrogen) atoms. The van der Waals surface area contributed by atoms with E-state index in [0.29, 0.717) is 43.7 Å². The van der Waals surface area contributed by atoms with Gasteiger partial charge in [0.1, 0.15) is 5.75 Å². The molecule has 2 aliphatic rings. The molecular weight excluding hydrogens is 496 g/mol. The van der Waals surface area contributed by atoms with Crippen LogP contribution in [0, 0.1) is 0 Å². The van der Waals surface area contributed by atoms with Gasteiger partial charge in [-0.25, -0.2) is 9.59 Å². The molecule has 0 bridgehead atoms. The standard InChI is InChI=1S/C29H42N6O4/c1-3-33-14-8-11-25(33)22-30-28(36)31-23-9-7-10-24(21-23)34-18-15-32(16-19-34)17-20-35(29(37)38)26-12-5-6-13-27(26)39-4-2/h5-7,9-10,12-13,21,25H,3-4,8,11,14-20,22H2,1-2H3,(H,37,38)(H2,30,31,36). The van der Waals surface area contributed by atoms with Crippen molar-refractivity contribution in [2.75, 3.05) is 80.6 Å². The molecule has 4 rings (SSSR count). The highest BCUT2D eigenvalue weighted by Gasteiger charge is 2.24. The topological polar surface area (TPSA) is 101 Å². The number of hydrogen-bond acceptors (Lipinski definition) is 6. The molecule has 0 saturated carbocycles. The van der Waals surface area contributed by atoms with E-state index in [1.807, 2.05) is 37.3 Å². The van der Waals surface area contributed by atoms with E-state index in [4.69, 9.17) is 4.74 Å². The average Bonchev–Trinajstić information content (AvgIpc) is 3.41. The van der Waals surface area contributed by atoms with Crippen LogP contribution in [0.25, 0.3) is 0 Å². The summed E-state index contributed by atoms with van der Waals surface area (Å²) in [6.07, 6.45) is 1.33. The van der Waals surface area contributed by atoms with Gasteiger partial charge in [-0.3, -0.25) is 14.7 Å². The van der Waals surface area contributed by atoms with Crippen molar-refractivity contribution in [3.05, 3.63) is 48.5 Å². The first kappa shape index (κ1) is 28.5. The van der Waals surface area contributed by atoms with Crippen molar-refractivity contribution >= 4 is 29.2 Å². The first-order valence-corrected chi connectivity index (χ1v) is 14.1. The fourth-order valence-corrected chi connectivity index (χ4v) is 5.46. The van der Waals surface area contributed by atoms with Crippen LogP contribution in [0.15, 0.2) is 48.5 Å². The largest absolute Gasteiger partial charge is 0.492 e. The Morgan fingerprint density at radius 2 is 1.85 bits per heavy atom. The van der Waals surface area contributed by atoms with Gasteiger partial charge in [-0.1, -0.05) is 25.1 Å². The number of likely N-dealkylation sites (N-methyl/N-ethyl adjacent to an activating group) is 1. The monoisotopic (exact) mass is 538 g/mol. The Morgan fingerprint density at radius 1 is 1.05 bits per heavy atom. The van der Waals surface area contributed by atoms with Gasteiger partial charge in [-0.2, -0.15) is 0 Å². The number of rotatable bonds is 11. The van der Waals surface area contributed by atoms with E-state index in [-0.39, 0.29) is 6.03 Å². The Balaban J connectivity index is 1.25. The summed E-state index contributed by atoms with van der Waals surface area (Å²) in [5.41, 5.74) is 2.42. The lowest BCUT2D eigenvalue weighted by Gasteiger charge is -2.37. The second-order valence-electron chi connectivity index (χ2n) is 9.97. The number of carbonyl (C=O) groups excluding carboxylic acids is 1. The summed E-state index contributed by atoms with van der Waals surface area (Å²) in [5, 5.41) is 15.9. The first-order valence-electron chi connectivity index (χ1n) is 14.1. The zero-order valence-electron chi connectivity index (χ0n) is 23.1. The highest BCUT2D eigenvalue weighted by Crippen LogP contribution is 2.28. The Labute approximate surface area is 231 Å². The molecule has 212 valence electrons. The van der Waals surface area contributed by atoms with Gasteiger partial charge in [0.25, 0.3) is 0 Å². The normalized spacial score (nSPS) is 18.1. The van der Waals surface area contributed by atoms with E-state index < -0.39 is 6.09 Å². The predicted molar refractivity (Wildman–Crippen MR) is 155 cm³/mol. The fraction of sp³-hybridized carbons (Fsp3) is 0.517. The molecule has 2 aromatic rings. The minimum Gasteiger partial charge on any atom is -0.492 e. The number of benzene rings is 2. The third-order valence-electron chi connectivity index (χ3n) is 7.57. The minimum absolute atomic E-state index is 0.172. The number of ether oxygens (including phenoxy) is 1. The van der Waals surface area contributed by atoms with Crippen molar-refractivity contribution < 1.29 is 19.4 Å². The molecule has 2 saturated heterocycles. The fourth-order valence-electron chi connectivity index (χ4n) is 5.46. The zero-order chi connectivity index (χ0) is 27.6. The van der Waals surface area contributed by atoms with Crippen LogP contribution in [0.4, 0.5) is 26.7 Å². The smallest absolute Gasteiger partial charge is 0.411 e. The average molecular weight is 539 g/mol. The van der Waals surface area contributed by atoms with Gasteiger partial charge in [0.2, 0.25) is 0 Å². The molecule has 0 spiro atoms. The van der Waals surface area contributed by atoms with Gasteiger partial charge in [0.15, 0.2) is 0 Å². The van der Waals surface area contributed by atoms with E-state index in [9.17, 15) is 14.7 Å². The number of anilines is 3. The summed E-state index contributed by atoms with van der Waals surface area (Å²) >= 11 is 0. The minimum atomic E-state index is -0.986. The summed E-state index contributed by atoms with van der Waals surface area (Å²) < 4.78 is 5.64. The second kappa shape index (κ2) is 14.0. The zero-order valence-corrected chi connectivity index (χ0v) is 23.1. The molecule has 0 radical (unpaired) electrons. The molecule has 3 N–H and O–H groups in total. The lowest BCUT2D eigenvalue weighted by molar-refractivity contribution is 0.198. The van der Waals surface area contributed by atoms with Crippen LogP contribution < -0.4 is 25.2 Å². The molecule has 3 amide bonds. The second-order valence-corrected chi connectivity index (χ2v) is 9.97. The number of piperazine rings is 1. The van der Waals surface area contributed by atoms with E-state index in [0.717, 1.165) is 57.1 Å². The SMILES string of the molecule is CCOc1ccccc1N(CCN1CCN(c2cccc(NC(=O)NCC3CCCN3CC)c2)CC1)C(=O)O. The lowest BCUT2D eigenvalue weighted by atomic mass is 10.2. The number of nitrogens with one attached hydrogen (secondary N) is 2. The third-order valence-corrected chi connectivity index (χ3v) is 7.57. The van der Waals surface area contributed by atoms with E-state index in [1.54, 1.807) is 12.1 Å². The number of urea groups is 1. The lowest BCUT2D eigenvalue weighted by Crippen LogP contribution is -2.49. The number of amides is 3. The molecule has 0 aliphatic carbocycles. The van der Waals surface area contributed by atoms with Gasteiger partial charge < -0.3 is 25.4 Å². The molecule has 2 aromatic carbocycles. The van der Waals surface area contributed by atoms with Crippen LogP contribution in [0.1, 0.15) is 26.7 Å². The van der Waals surface area contributed by atoms with Crippen molar-refractivity contribution in [3.8, 4) is 5.75 Å². The van der Waals surface area contributed by atoms with E-state index >= 15 is 0 Å². The van der Waals surface area contributed by atoms with Gasteiger partial charge in [0.05, 0.1) is 12.3 Å². The molecule has 10 nitrogen and oxygen atoms in total. The van der Waals surface area contributed by atoms with Crippen molar-refractivity contribution in [1.82, 2.24) is 15.1 Å². The summed E-state index contributed by atoms with van der Waals surface area (Å²) in [6.45, 7) is 11.6. The Morgan fingerprint density at radius 3 is 2.59 bits per heavy atom. The Kier molecular flexibility index (Phi) is 10.3. The van der Waals surface area contributed by atoms with Crippen molar-refractivity contribution in [3.63, 3.8) is 0 Å². The summed E-state index contributed by atoms with van der Waals surface area (Å²) in [7, 11) is 0. The van der Waals surface area contributed by atoms with Crippen LogP contribution in [0.3, 0.4) is 0 Å². The van der Waals surface area contributed by atoms with E-state index in [2.05, 4.69) is 38.3 Å². The number of para-hydroxylation sites is 2. The van der Waals surface area contributed by atoms with Gasteiger partial charge in [-0.05, 0) is 63.2 Å². The summed E-state index contributed by atoms with van der Waals surface area (Å²) in [5.74, 6) is 0.580. The van der Waals surface area contributed by atoms with Crippen molar-refractivity contribution in [2.45, 2.75) is 32.7 Å². The van der Waals surface area contributed by atoms with Crippen LogP contribution in [-0.4, -0.2) is 98.6 Å². The molecule has 0 aromatic heterocycles. The van der Waals surface area contributed by atoms with Crippen LogP contribution >= 0.6 is 0 Å². The van der Waals surface area contributed by atoms with Crippen LogP contribution in [0.2, 0.25) is 0 Å². The third kappa shape index (κ3) is 7.77. The maximum absolute atomic E-state index is 12.5. The van der Waals surface area contributed by atoms with Gasteiger partial charge in [0, 0.05) is 63.2 Å². The quantitative estimate of drug-likeness (QED) is 0.398. The van der Waals surface area contributed by atoms with Gasteiger partial charge >= 0.3 is 12.1 Å². The predicted octanol–water partition coefficient (Wildman–Crippen LogP) is 4.00. The highest BCUT2D eigenvalue weighted by atomic mass is 16.5. The molecule has 2 heterocycles. The van der Waals surface area contributed by atoms with E-state index in [1.165, 1.54) is 11.3 Å². The Bertz CT molecular complexity index is 1090. The number of carboxylic acid groups (broad SMARTS) is 1. The maximum atomic E-state index is 12.5. The molecule has 2 aliphatic heterocycles. The maximum Gasteiger partial charge on any atom is 0.411 e. The molecule has 1 atom stereocenters. The first-order chi connectivity index (χ1) is 19.0. The number of carbonyl (C=O) groups is 2. The van der Waals surface area contributed by atoms with Crippen molar-refractivity contribution in [2.24, 2.45) is 0 Å². The van der Waals surface area contributed by atoms with Crippen molar-refractivity contribution in [1.29, 1.82) is 0 Å². The molecule has 2 fully saturated rings. The van der Waals surface area contributed by atoms with Crippen LogP contribution in [0.5, 0.6) is 5.75 Å². The number of nitrogens with zero attached hydrogens (tertiary/aromatic N) is 4. The highest BCUT2D eigenvalue weighted by molar-refractivity contribution is 5.90. The molecule has 10 heteroatoms. The number of likely N-dealkylation sites (tertiary alicyclic amines) is 1. The molecule has 1 unspecified atom stereocenters. The van der Waals surface area contributed by atoms with Crippen LogP contribution in [-0.2, 0) is 0 Å². The Hall–Kier alpha value is -3.50. The molecular formula is C29H42N6O4. The summed E-state index contributed by atoms with van der Waals surface area (Å²) in [6, 6.07) is 15.5. The summed E-state index contributed by atoms with van der Waals surface area (Å²) in [4.78, 5) is 32.9. The number of hydrogen-bond donors (Lipinski definition) is 3.